The van der Waals surface area contributed by atoms with Crippen LogP contribution in [0.3, 0.4) is 0 Å². The zero-order valence-corrected chi connectivity index (χ0v) is 18.7. The van der Waals surface area contributed by atoms with Crippen molar-refractivity contribution in [2.75, 3.05) is 31.2 Å². The van der Waals surface area contributed by atoms with Crippen molar-refractivity contribution in [1.82, 2.24) is 14.9 Å². The number of ether oxygens (including phenoxy) is 2. The highest BCUT2D eigenvalue weighted by molar-refractivity contribution is 6.32. The van der Waals surface area contributed by atoms with E-state index in [9.17, 15) is 9.18 Å². The molecule has 2 aliphatic heterocycles. The molecule has 4 rings (SSSR count). The molecular formula is C20H23Cl2FN4O3. The molecule has 0 aromatic carbocycles. The summed E-state index contributed by atoms with van der Waals surface area (Å²) in [6.45, 7) is 8.78. The largest absolute Gasteiger partial charge is 0.444 e. The molecule has 10 heteroatoms. The number of morpholine rings is 1. The van der Waals surface area contributed by atoms with E-state index in [0.29, 0.717) is 48.5 Å². The average molecular weight is 457 g/mol. The molecule has 2 bridgehead atoms. The summed E-state index contributed by atoms with van der Waals surface area (Å²) >= 11 is 12.3. The van der Waals surface area contributed by atoms with Crippen LogP contribution in [0.5, 0.6) is 0 Å². The highest BCUT2D eigenvalue weighted by atomic mass is 35.5. The average Bonchev–Trinajstić information content (AvgIpc) is 2.64. The maximum absolute atomic E-state index is 14.8. The molecule has 2 aliphatic rings. The van der Waals surface area contributed by atoms with Gasteiger partial charge in [-0.05, 0) is 33.3 Å². The van der Waals surface area contributed by atoms with Gasteiger partial charge in [0.05, 0.1) is 25.3 Å². The molecule has 2 unspecified atom stereocenters. The van der Waals surface area contributed by atoms with Gasteiger partial charge in [-0.25, -0.2) is 19.2 Å². The molecule has 0 spiro atoms. The number of nitrogens with zero attached hydrogens (tertiary/aromatic N) is 4. The summed E-state index contributed by atoms with van der Waals surface area (Å²) < 4.78 is 26.1. The lowest BCUT2D eigenvalue weighted by Gasteiger charge is -2.50. The van der Waals surface area contributed by atoms with Crippen molar-refractivity contribution in [2.24, 2.45) is 0 Å². The smallest absolute Gasteiger partial charge is 0.410 e. The quantitative estimate of drug-likeness (QED) is 0.598. The summed E-state index contributed by atoms with van der Waals surface area (Å²) in [5.74, 6) is -0.100. The lowest BCUT2D eigenvalue weighted by molar-refractivity contribution is -0.0106. The van der Waals surface area contributed by atoms with Gasteiger partial charge in [-0.3, -0.25) is 0 Å². The van der Waals surface area contributed by atoms with Gasteiger partial charge in [0.1, 0.15) is 16.6 Å². The third kappa shape index (κ3) is 3.76. The number of anilines is 1. The molecule has 0 saturated carbocycles. The fourth-order valence-electron chi connectivity index (χ4n) is 4.02. The van der Waals surface area contributed by atoms with Gasteiger partial charge in [0.15, 0.2) is 11.0 Å². The summed E-state index contributed by atoms with van der Waals surface area (Å²) in [7, 11) is 0. The van der Waals surface area contributed by atoms with Crippen LogP contribution in [0.4, 0.5) is 15.0 Å². The van der Waals surface area contributed by atoms with Crippen molar-refractivity contribution in [2.45, 2.75) is 45.4 Å². The summed E-state index contributed by atoms with van der Waals surface area (Å²) in [4.78, 5) is 24.9. The minimum absolute atomic E-state index is 0.182. The fourth-order valence-corrected chi connectivity index (χ4v) is 4.34. The van der Waals surface area contributed by atoms with Gasteiger partial charge in [-0.15, -0.1) is 0 Å². The Hall–Kier alpha value is -1.90. The van der Waals surface area contributed by atoms with Gasteiger partial charge in [0.2, 0.25) is 0 Å². The Morgan fingerprint density at radius 2 is 1.87 bits per heavy atom. The highest BCUT2D eigenvalue weighted by Crippen LogP contribution is 2.38. The van der Waals surface area contributed by atoms with Gasteiger partial charge in [-0.2, -0.15) is 0 Å². The van der Waals surface area contributed by atoms with Gasteiger partial charge in [-0.1, -0.05) is 23.2 Å². The van der Waals surface area contributed by atoms with Gasteiger partial charge in [0.25, 0.3) is 0 Å². The van der Waals surface area contributed by atoms with Gasteiger partial charge in [0, 0.05) is 30.1 Å². The molecule has 2 fully saturated rings. The first-order valence-corrected chi connectivity index (χ1v) is 10.5. The first kappa shape index (κ1) is 21.3. The number of carbonyl (C=O) groups is 1. The Labute approximate surface area is 184 Å². The Morgan fingerprint density at radius 3 is 2.47 bits per heavy atom. The summed E-state index contributed by atoms with van der Waals surface area (Å²) in [6, 6.07) is -0.364. The van der Waals surface area contributed by atoms with Crippen LogP contribution >= 0.6 is 23.2 Å². The SMILES string of the molecule is Cc1c(Cl)nc(N2C3COCC2CN(C(=O)OC(C)(C)C)C3)c2cnc(Cl)c(F)c12. The van der Waals surface area contributed by atoms with E-state index < -0.39 is 11.4 Å². The predicted octanol–water partition coefficient (Wildman–Crippen LogP) is 4.21. The highest BCUT2D eigenvalue weighted by Gasteiger charge is 2.42. The molecular weight excluding hydrogens is 434 g/mol. The molecule has 2 atom stereocenters. The molecule has 162 valence electrons. The second-order valence-electron chi connectivity index (χ2n) is 8.64. The molecule has 0 radical (unpaired) electrons. The van der Waals surface area contributed by atoms with E-state index in [0.717, 1.165) is 0 Å². The molecule has 2 saturated heterocycles. The third-order valence-corrected chi connectivity index (χ3v) is 5.90. The minimum atomic E-state index is -0.619. The zero-order chi connectivity index (χ0) is 21.8. The van der Waals surface area contributed by atoms with Crippen LogP contribution in [0.15, 0.2) is 6.20 Å². The monoisotopic (exact) mass is 456 g/mol. The first-order chi connectivity index (χ1) is 14.1. The minimum Gasteiger partial charge on any atom is -0.444 e. The van der Waals surface area contributed by atoms with Crippen LogP contribution in [0.1, 0.15) is 26.3 Å². The number of pyridine rings is 2. The number of aryl methyl sites for hydroxylation is 1. The van der Waals surface area contributed by atoms with Gasteiger partial charge >= 0.3 is 6.09 Å². The fraction of sp³-hybridized carbons (Fsp3) is 0.550. The Balaban J connectivity index is 1.74. The van der Waals surface area contributed by atoms with Crippen molar-refractivity contribution < 1.29 is 18.7 Å². The summed E-state index contributed by atoms with van der Waals surface area (Å²) in [5, 5.41) is 0.823. The molecule has 2 aromatic heterocycles. The number of amides is 1. The Bertz CT molecular complexity index is 992. The lowest BCUT2D eigenvalue weighted by atomic mass is 10.0. The topological polar surface area (TPSA) is 67.8 Å². The first-order valence-electron chi connectivity index (χ1n) is 9.70. The van der Waals surface area contributed by atoms with Crippen LogP contribution < -0.4 is 4.90 Å². The molecule has 7 nitrogen and oxygen atoms in total. The predicted molar refractivity (Wildman–Crippen MR) is 113 cm³/mol. The molecule has 30 heavy (non-hydrogen) atoms. The van der Waals surface area contributed by atoms with Gasteiger partial charge < -0.3 is 19.3 Å². The van der Waals surface area contributed by atoms with Crippen LogP contribution in [-0.4, -0.2) is 64.9 Å². The van der Waals surface area contributed by atoms with Crippen molar-refractivity contribution in [3.63, 3.8) is 0 Å². The standard InChI is InChI=1S/C20H23Cl2FN4O3/c1-10-14-13(5-24-17(22)15(14)23)18(25-16(10)21)27-11-6-26(7-12(27)9-29-8-11)19(28)30-20(2,3)4/h5,11-12H,6-9H2,1-4H3. The molecule has 1 amide bonds. The number of carbonyl (C=O) groups excluding carboxylic acids is 1. The molecule has 0 aliphatic carbocycles. The number of hydrogen-bond acceptors (Lipinski definition) is 6. The van der Waals surface area contributed by atoms with E-state index in [-0.39, 0.29) is 28.5 Å². The van der Waals surface area contributed by atoms with E-state index in [4.69, 9.17) is 32.7 Å². The molecule has 2 aromatic rings. The summed E-state index contributed by atoms with van der Waals surface area (Å²) in [6.07, 6.45) is 1.15. The molecule has 0 N–H and O–H groups in total. The number of fused-ring (bicyclic) bond motifs is 3. The number of halogens is 3. The van der Waals surface area contributed by atoms with Crippen molar-refractivity contribution in [3.8, 4) is 0 Å². The zero-order valence-electron chi connectivity index (χ0n) is 17.2. The maximum Gasteiger partial charge on any atom is 0.410 e. The van der Waals surface area contributed by atoms with Crippen LogP contribution in [0.25, 0.3) is 10.8 Å². The second kappa shape index (κ2) is 7.66. The third-order valence-electron chi connectivity index (χ3n) is 5.27. The van der Waals surface area contributed by atoms with E-state index >= 15 is 0 Å². The number of rotatable bonds is 1. The van der Waals surface area contributed by atoms with Crippen molar-refractivity contribution in [3.05, 3.63) is 27.9 Å². The van der Waals surface area contributed by atoms with Crippen LogP contribution in [0, 0.1) is 12.7 Å². The summed E-state index contributed by atoms with van der Waals surface area (Å²) in [5.41, 5.74) is -0.0733. The van der Waals surface area contributed by atoms with E-state index in [1.54, 1.807) is 11.8 Å². The lowest BCUT2D eigenvalue weighted by Crippen LogP contribution is -2.66. The number of piperazine rings is 1. The molecule has 4 heterocycles. The Morgan fingerprint density at radius 1 is 1.23 bits per heavy atom. The van der Waals surface area contributed by atoms with Crippen molar-refractivity contribution in [1.29, 1.82) is 0 Å². The van der Waals surface area contributed by atoms with E-state index in [2.05, 4.69) is 14.9 Å². The number of aromatic nitrogens is 2. The van der Waals surface area contributed by atoms with Crippen LogP contribution in [0.2, 0.25) is 10.3 Å². The van der Waals surface area contributed by atoms with Crippen LogP contribution in [-0.2, 0) is 9.47 Å². The van der Waals surface area contributed by atoms with Crippen molar-refractivity contribution >= 4 is 45.9 Å². The maximum atomic E-state index is 14.8. The number of hydrogen-bond donors (Lipinski definition) is 0. The Kier molecular flexibility index (Phi) is 5.45. The van der Waals surface area contributed by atoms with E-state index in [1.165, 1.54) is 6.20 Å². The second-order valence-corrected chi connectivity index (χ2v) is 9.36. The normalized spacial score (nSPS) is 21.8. The van der Waals surface area contributed by atoms with E-state index in [1.807, 2.05) is 20.8 Å².